The van der Waals surface area contributed by atoms with Gasteiger partial charge in [-0.2, -0.15) is 0 Å². The van der Waals surface area contributed by atoms with Crippen LogP contribution in [0, 0.1) is 0 Å². The van der Waals surface area contributed by atoms with Gasteiger partial charge in [0.2, 0.25) is 0 Å². The zero-order valence-corrected chi connectivity index (χ0v) is 50.7. The largest absolute Gasteiger partial charge is 0.311 e. The molecule has 0 fully saturated rings. The Morgan fingerprint density at radius 1 is 0.274 bits per heavy atom. The number of rotatable bonds is 4. The Morgan fingerprint density at radius 3 is 1.11 bits per heavy atom. The molecule has 2 aliphatic heterocycles. The third-order valence-corrected chi connectivity index (χ3v) is 18.5. The van der Waals surface area contributed by atoms with Crippen molar-refractivity contribution in [1.29, 1.82) is 0 Å². The lowest BCUT2D eigenvalue weighted by Crippen LogP contribution is -2.61. The highest BCUT2D eigenvalue weighted by Crippen LogP contribution is 2.50. The summed E-state index contributed by atoms with van der Waals surface area (Å²) in [5.41, 5.74) is 21.9. The Bertz CT molecular complexity index is 4600. The fourth-order valence-electron chi connectivity index (χ4n) is 13.8. The monoisotopic (exact) mass is 1090 g/mol. The van der Waals surface area contributed by atoms with Gasteiger partial charge in [0.1, 0.15) is 0 Å². The van der Waals surface area contributed by atoms with E-state index in [0.717, 1.165) is 5.69 Å². The van der Waals surface area contributed by atoms with E-state index < -0.39 is 0 Å². The molecule has 0 radical (unpaired) electrons. The first-order chi connectivity index (χ1) is 40.1. The molecule has 13 aromatic rings. The number of aromatic nitrogens is 1. The average molecular weight is 1090 g/mol. The summed E-state index contributed by atoms with van der Waals surface area (Å²) in [5, 5.41) is 12.4. The summed E-state index contributed by atoms with van der Waals surface area (Å²) in [6.45, 7) is 28.3. The van der Waals surface area contributed by atoms with Crippen LogP contribution in [0.5, 0.6) is 0 Å². The molecule has 4 heteroatoms. The van der Waals surface area contributed by atoms with Crippen LogP contribution in [0.4, 0.5) is 34.1 Å². The molecule has 2 aliphatic rings. The topological polar surface area (TPSA) is 11.4 Å². The number of hydrogen-bond donors (Lipinski definition) is 0. The minimum atomic E-state index is -0.112. The molecule has 84 heavy (non-hydrogen) atoms. The standard InChI is InChI=1S/C80H72BN3/c1-77(2,3)59-43-60(78(4,5)6)46-64(45-59)83-72-39-56-34-51-24-18-16-22-49(51)32-54(56)37-68(72)81-69-38-55-33-50-23-17-19-25-52(50)35-57(55)40-73(69)84(65-47-61(79(7,8)9)44-62(48-65)80(10,11)12)75-42-58(41-74(83)76(75)81)53-30-31-71-67(36-53)66-28-20-21-29-70(66)82(71)63-26-14-13-15-27-63/h13-48H,1-12H3. The average Bonchev–Trinajstić information content (AvgIpc) is 0.910. The van der Waals surface area contributed by atoms with Gasteiger partial charge in [0.25, 0.3) is 6.71 Å². The molecule has 15 rings (SSSR count). The summed E-state index contributed by atoms with van der Waals surface area (Å²) in [6.07, 6.45) is 0. The van der Waals surface area contributed by atoms with Gasteiger partial charge in [-0.25, -0.2) is 0 Å². The van der Waals surface area contributed by atoms with E-state index in [2.05, 4.69) is 316 Å². The molecule has 0 amide bonds. The fraction of sp³-hybridized carbons (Fsp3) is 0.200. The third-order valence-electron chi connectivity index (χ3n) is 18.5. The van der Waals surface area contributed by atoms with Crippen molar-refractivity contribution in [3.63, 3.8) is 0 Å². The van der Waals surface area contributed by atoms with Crippen molar-refractivity contribution in [2.45, 2.75) is 105 Å². The number of fused-ring (bicyclic) bond motifs is 11. The fourth-order valence-corrected chi connectivity index (χ4v) is 13.8. The van der Waals surface area contributed by atoms with Crippen LogP contribution in [0.2, 0.25) is 0 Å². The quantitative estimate of drug-likeness (QED) is 0.129. The number of anilines is 6. The SMILES string of the molecule is CC(C)(C)c1cc(N2c3cc4cc5ccccc5cc4cc3B3c4cc5cc6ccccc6cc5cc4N(c4cc(C(C)(C)C)cc(C(C)(C)C)c4)c4cc(-c5ccc6c(c5)c5ccccc5n6-c5ccccc5)cc2c43)cc(C(C)(C)C)c1. The maximum absolute atomic E-state index is 2.68. The lowest BCUT2D eigenvalue weighted by atomic mass is 9.33. The van der Waals surface area contributed by atoms with Crippen molar-refractivity contribution < 1.29 is 0 Å². The predicted molar refractivity (Wildman–Crippen MR) is 365 cm³/mol. The Morgan fingerprint density at radius 2 is 0.667 bits per heavy atom. The second kappa shape index (κ2) is 18.3. The molecule has 410 valence electrons. The van der Waals surface area contributed by atoms with E-state index in [-0.39, 0.29) is 28.4 Å². The van der Waals surface area contributed by atoms with Gasteiger partial charge >= 0.3 is 0 Å². The summed E-state index contributed by atoms with van der Waals surface area (Å²) >= 11 is 0. The number of nitrogens with zero attached hydrogens (tertiary/aromatic N) is 3. The number of benzene rings is 12. The molecule has 3 nitrogen and oxygen atoms in total. The molecule has 0 N–H and O–H groups in total. The Labute approximate surface area is 495 Å². The Balaban J connectivity index is 1.12. The zero-order chi connectivity index (χ0) is 57.9. The second-order valence-corrected chi connectivity index (χ2v) is 28.4. The van der Waals surface area contributed by atoms with Crippen LogP contribution in [0.3, 0.4) is 0 Å². The van der Waals surface area contributed by atoms with E-state index in [1.807, 2.05) is 0 Å². The van der Waals surface area contributed by atoms with Gasteiger partial charge in [0, 0.05) is 50.6 Å². The highest BCUT2D eigenvalue weighted by molar-refractivity contribution is 7.00. The summed E-state index contributed by atoms with van der Waals surface area (Å²) in [6, 6.07) is 84.6. The third kappa shape index (κ3) is 8.38. The van der Waals surface area contributed by atoms with Crippen molar-refractivity contribution in [2.24, 2.45) is 0 Å². The van der Waals surface area contributed by atoms with Gasteiger partial charge in [-0.05, 0) is 218 Å². The number of para-hydroxylation sites is 2. The first-order valence-corrected chi connectivity index (χ1v) is 30.2. The summed E-state index contributed by atoms with van der Waals surface area (Å²) in [7, 11) is 0. The van der Waals surface area contributed by atoms with Gasteiger partial charge < -0.3 is 14.4 Å². The van der Waals surface area contributed by atoms with E-state index in [4.69, 9.17) is 0 Å². The molecule has 12 aromatic carbocycles. The van der Waals surface area contributed by atoms with Crippen LogP contribution in [-0.4, -0.2) is 11.3 Å². The molecule has 0 saturated carbocycles. The first kappa shape index (κ1) is 52.0. The van der Waals surface area contributed by atoms with Gasteiger partial charge in [-0.3, -0.25) is 0 Å². The van der Waals surface area contributed by atoms with E-state index >= 15 is 0 Å². The molecule has 1 aromatic heterocycles. The molecular weight excluding hydrogens is 1010 g/mol. The smallest absolute Gasteiger partial charge is 0.252 e. The van der Waals surface area contributed by atoms with Crippen molar-refractivity contribution in [2.75, 3.05) is 9.80 Å². The van der Waals surface area contributed by atoms with E-state index in [1.165, 1.54) is 149 Å². The molecule has 0 spiro atoms. The van der Waals surface area contributed by atoms with Crippen LogP contribution in [0.15, 0.2) is 218 Å². The molecule has 0 aliphatic carbocycles. The maximum atomic E-state index is 2.68. The van der Waals surface area contributed by atoms with Gasteiger partial charge in [-0.15, -0.1) is 0 Å². The normalized spacial score (nSPS) is 13.6. The highest BCUT2D eigenvalue weighted by Gasteiger charge is 2.45. The summed E-state index contributed by atoms with van der Waals surface area (Å²) < 4.78 is 2.43. The predicted octanol–water partition coefficient (Wildman–Crippen LogP) is 20.3. The van der Waals surface area contributed by atoms with Crippen LogP contribution >= 0.6 is 0 Å². The van der Waals surface area contributed by atoms with E-state index in [0.29, 0.717) is 0 Å². The van der Waals surface area contributed by atoms with Crippen molar-refractivity contribution in [1.82, 2.24) is 4.57 Å². The van der Waals surface area contributed by atoms with Crippen LogP contribution in [0.25, 0.3) is 81.7 Å². The van der Waals surface area contributed by atoms with Gasteiger partial charge in [0.05, 0.1) is 11.0 Å². The lowest BCUT2D eigenvalue weighted by molar-refractivity contribution is 0.568. The van der Waals surface area contributed by atoms with Crippen molar-refractivity contribution >= 4 is 122 Å². The summed E-state index contributed by atoms with van der Waals surface area (Å²) in [5.74, 6) is 0. The van der Waals surface area contributed by atoms with Crippen molar-refractivity contribution in [3.8, 4) is 16.8 Å². The minimum absolute atomic E-state index is 0.111. The Kier molecular flexibility index (Phi) is 11.3. The van der Waals surface area contributed by atoms with Crippen molar-refractivity contribution in [3.05, 3.63) is 241 Å². The number of hydrogen-bond acceptors (Lipinski definition) is 2. The van der Waals surface area contributed by atoms with Crippen LogP contribution < -0.4 is 26.2 Å². The van der Waals surface area contributed by atoms with Gasteiger partial charge in [-0.1, -0.05) is 198 Å². The minimum Gasteiger partial charge on any atom is -0.311 e. The summed E-state index contributed by atoms with van der Waals surface area (Å²) in [4.78, 5) is 5.36. The maximum Gasteiger partial charge on any atom is 0.252 e. The van der Waals surface area contributed by atoms with Crippen LogP contribution in [0.1, 0.15) is 105 Å². The van der Waals surface area contributed by atoms with Crippen LogP contribution in [-0.2, 0) is 21.7 Å². The zero-order valence-electron chi connectivity index (χ0n) is 50.7. The van der Waals surface area contributed by atoms with E-state index in [9.17, 15) is 0 Å². The molecule has 0 bridgehead atoms. The highest BCUT2D eigenvalue weighted by atomic mass is 15.2. The van der Waals surface area contributed by atoms with Gasteiger partial charge in [0.15, 0.2) is 0 Å². The molecule has 0 saturated heterocycles. The molecule has 0 atom stereocenters. The molecular formula is C80H72BN3. The first-order valence-electron chi connectivity index (χ1n) is 30.2. The lowest BCUT2D eigenvalue weighted by Gasteiger charge is -2.45. The second-order valence-electron chi connectivity index (χ2n) is 28.4. The Hall–Kier alpha value is -8.86. The molecule has 3 heterocycles. The van der Waals surface area contributed by atoms with E-state index in [1.54, 1.807) is 0 Å². The molecule has 0 unspecified atom stereocenters.